The third kappa shape index (κ3) is 3.07. The number of nitro groups is 1. The van der Waals surface area contributed by atoms with Gasteiger partial charge < -0.3 is 9.69 Å². The average molecular weight is 266 g/mol. The Kier molecular flexibility index (Phi) is 4.09. The van der Waals surface area contributed by atoms with E-state index >= 15 is 0 Å². The number of nitro benzene ring substituents is 1. The van der Waals surface area contributed by atoms with Crippen molar-refractivity contribution in [2.75, 3.05) is 18.0 Å². The summed E-state index contributed by atoms with van der Waals surface area (Å²) in [5.74, 6) is -0.196. The molecule has 19 heavy (non-hydrogen) atoms. The molecule has 0 saturated carbocycles. The first-order chi connectivity index (χ1) is 9.11. The molecule has 1 saturated heterocycles. The maximum Gasteiger partial charge on any atom is 0.272 e. The number of piperidine rings is 1. The highest BCUT2D eigenvalue weighted by Gasteiger charge is 2.22. The second-order valence-corrected chi connectivity index (χ2v) is 4.73. The minimum absolute atomic E-state index is 0.239. The Morgan fingerprint density at radius 3 is 2.63 bits per heavy atom. The Morgan fingerprint density at radius 2 is 2.11 bits per heavy atom. The first-order valence-electron chi connectivity index (χ1n) is 6.24. The molecule has 5 nitrogen and oxygen atoms in total. The average Bonchev–Trinajstić information content (AvgIpc) is 2.40. The van der Waals surface area contributed by atoms with Crippen molar-refractivity contribution in [3.05, 3.63) is 34.1 Å². The minimum Gasteiger partial charge on any atom is -0.369 e. The summed E-state index contributed by atoms with van der Waals surface area (Å²) in [4.78, 5) is 22.3. The molecule has 0 N–H and O–H groups in total. The Labute approximate surface area is 110 Å². The lowest BCUT2D eigenvalue weighted by molar-refractivity contribution is -0.385. The molecule has 0 amide bonds. The van der Waals surface area contributed by atoms with Gasteiger partial charge in [-0.3, -0.25) is 10.1 Å². The molecule has 0 aliphatic carbocycles. The molecule has 1 aromatic rings. The molecular formula is C13H15FN2O3. The van der Waals surface area contributed by atoms with Crippen LogP contribution in [0.1, 0.15) is 19.3 Å². The van der Waals surface area contributed by atoms with Gasteiger partial charge >= 0.3 is 0 Å². The van der Waals surface area contributed by atoms with Gasteiger partial charge in [0.15, 0.2) is 5.82 Å². The second-order valence-electron chi connectivity index (χ2n) is 4.73. The van der Waals surface area contributed by atoms with Gasteiger partial charge in [-0.1, -0.05) is 0 Å². The molecule has 1 fully saturated rings. The fourth-order valence-electron chi connectivity index (χ4n) is 2.41. The molecule has 0 aromatic heterocycles. The quantitative estimate of drug-likeness (QED) is 0.477. The van der Waals surface area contributed by atoms with Crippen molar-refractivity contribution >= 4 is 17.7 Å². The van der Waals surface area contributed by atoms with Crippen LogP contribution < -0.4 is 4.90 Å². The van der Waals surface area contributed by atoms with E-state index in [1.54, 1.807) is 0 Å². The van der Waals surface area contributed by atoms with Crippen LogP contribution >= 0.6 is 0 Å². The van der Waals surface area contributed by atoms with E-state index in [1.807, 2.05) is 4.90 Å². The van der Waals surface area contributed by atoms with Crippen molar-refractivity contribution in [2.24, 2.45) is 5.92 Å². The first-order valence-corrected chi connectivity index (χ1v) is 6.24. The Bertz CT molecular complexity index is 485. The zero-order valence-electron chi connectivity index (χ0n) is 10.4. The normalized spacial score (nSPS) is 16.4. The number of halogens is 1. The van der Waals surface area contributed by atoms with Crippen molar-refractivity contribution in [3.63, 3.8) is 0 Å². The van der Waals surface area contributed by atoms with Gasteiger partial charge in [0.25, 0.3) is 5.69 Å². The molecule has 0 spiro atoms. The molecule has 102 valence electrons. The number of hydrogen-bond donors (Lipinski definition) is 0. The summed E-state index contributed by atoms with van der Waals surface area (Å²) < 4.78 is 13.8. The van der Waals surface area contributed by atoms with Gasteiger partial charge in [-0.2, -0.15) is 0 Å². The van der Waals surface area contributed by atoms with Crippen LogP contribution in [0.3, 0.4) is 0 Å². The first kappa shape index (κ1) is 13.5. The van der Waals surface area contributed by atoms with E-state index < -0.39 is 10.7 Å². The van der Waals surface area contributed by atoms with E-state index in [1.165, 1.54) is 12.1 Å². The minimum atomic E-state index is -0.608. The highest BCUT2D eigenvalue weighted by Crippen LogP contribution is 2.28. The molecule has 2 rings (SSSR count). The van der Waals surface area contributed by atoms with Crippen molar-refractivity contribution in [2.45, 2.75) is 19.3 Å². The van der Waals surface area contributed by atoms with Crippen LogP contribution in [0, 0.1) is 21.8 Å². The van der Waals surface area contributed by atoms with Gasteiger partial charge in [0, 0.05) is 25.6 Å². The molecular weight excluding hydrogens is 251 g/mol. The number of benzene rings is 1. The lowest BCUT2D eigenvalue weighted by Gasteiger charge is -2.33. The Balaban J connectivity index is 2.07. The van der Waals surface area contributed by atoms with Crippen molar-refractivity contribution < 1.29 is 14.1 Å². The zero-order valence-corrected chi connectivity index (χ0v) is 10.4. The topological polar surface area (TPSA) is 63.5 Å². The van der Waals surface area contributed by atoms with Crippen molar-refractivity contribution in [1.82, 2.24) is 0 Å². The standard InChI is InChI=1S/C13H15FN2O3/c14-12-9-11(16(18)19)1-2-13(12)15-6-3-10(4-7-15)5-8-17/h1-2,8-10H,3-7H2. The SMILES string of the molecule is O=CCC1CCN(c2ccc([N+](=O)[O-])cc2F)CC1. The zero-order chi connectivity index (χ0) is 13.8. The third-order valence-corrected chi connectivity index (χ3v) is 3.53. The predicted octanol–water partition coefficient (Wildman–Crippen LogP) is 2.54. The maximum absolute atomic E-state index is 13.8. The van der Waals surface area contributed by atoms with Gasteiger partial charge in [0.05, 0.1) is 16.7 Å². The Hall–Kier alpha value is -1.98. The lowest BCUT2D eigenvalue weighted by Crippen LogP contribution is -2.34. The number of nitrogens with zero attached hydrogens (tertiary/aromatic N) is 2. The van der Waals surface area contributed by atoms with E-state index in [4.69, 9.17) is 0 Å². The number of anilines is 1. The molecule has 0 atom stereocenters. The van der Waals surface area contributed by atoms with Gasteiger partial charge in [0.2, 0.25) is 0 Å². The molecule has 0 unspecified atom stereocenters. The fourth-order valence-corrected chi connectivity index (χ4v) is 2.41. The molecule has 0 radical (unpaired) electrons. The number of hydrogen-bond acceptors (Lipinski definition) is 4. The van der Waals surface area contributed by atoms with E-state index in [0.717, 1.165) is 25.2 Å². The largest absolute Gasteiger partial charge is 0.369 e. The van der Waals surface area contributed by atoms with Crippen molar-refractivity contribution in [3.8, 4) is 0 Å². The summed E-state index contributed by atoms with van der Waals surface area (Å²) in [6.45, 7) is 1.35. The summed E-state index contributed by atoms with van der Waals surface area (Å²) >= 11 is 0. The molecule has 1 aliphatic heterocycles. The van der Waals surface area contributed by atoms with Crippen LogP contribution in [-0.2, 0) is 4.79 Å². The van der Waals surface area contributed by atoms with Crippen molar-refractivity contribution in [1.29, 1.82) is 0 Å². The summed E-state index contributed by atoms with van der Waals surface area (Å²) in [7, 11) is 0. The number of carbonyl (C=O) groups excluding carboxylic acids is 1. The predicted molar refractivity (Wildman–Crippen MR) is 68.7 cm³/mol. The third-order valence-electron chi connectivity index (χ3n) is 3.53. The van der Waals surface area contributed by atoms with Crippen LogP contribution in [0.5, 0.6) is 0 Å². The van der Waals surface area contributed by atoms with E-state index in [9.17, 15) is 19.3 Å². The van der Waals surface area contributed by atoms with Gasteiger partial charge in [0.1, 0.15) is 6.29 Å². The molecule has 1 aromatic carbocycles. The summed E-state index contributed by atoms with van der Waals surface area (Å²) in [5.41, 5.74) is 0.159. The summed E-state index contributed by atoms with van der Waals surface area (Å²) in [6, 6.07) is 3.72. The number of aldehydes is 1. The number of rotatable bonds is 4. The molecule has 0 bridgehead atoms. The van der Waals surface area contributed by atoms with E-state index in [2.05, 4.69) is 0 Å². The van der Waals surface area contributed by atoms with Crippen LogP contribution in [-0.4, -0.2) is 24.3 Å². The van der Waals surface area contributed by atoms with Gasteiger partial charge in [-0.25, -0.2) is 4.39 Å². The lowest BCUT2D eigenvalue weighted by atomic mass is 9.94. The number of non-ortho nitro benzene ring substituents is 1. The smallest absolute Gasteiger partial charge is 0.272 e. The molecule has 6 heteroatoms. The van der Waals surface area contributed by atoms with Crippen LogP contribution in [0.2, 0.25) is 0 Å². The Morgan fingerprint density at radius 1 is 1.42 bits per heavy atom. The second kappa shape index (κ2) is 5.77. The van der Waals surface area contributed by atoms with Crippen LogP contribution in [0.25, 0.3) is 0 Å². The highest BCUT2D eigenvalue weighted by atomic mass is 19.1. The van der Waals surface area contributed by atoms with Crippen LogP contribution in [0.4, 0.5) is 15.8 Å². The maximum atomic E-state index is 13.8. The molecule has 1 aliphatic rings. The van der Waals surface area contributed by atoms with Crippen LogP contribution in [0.15, 0.2) is 18.2 Å². The summed E-state index contributed by atoms with van der Waals surface area (Å²) in [5, 5.41) is 10.5. The summed E-state index contributed by atoms with van der Waals surface area (Å²) in [6.07, 6.45) is 3.16. The number of carbonyl (C=O) groups is 1. The van der Waals surface area contributed by atoms with Gasteiger partial charge in [-0.05, 0) is 24.8 Å². The molecule has 1 heterocycles. The van der Waals surface area contributed by atoms with E-state index in [-0.39, 0.29) is 5.69 Å². The highest BCUT2D eigenvalue weighted by molar-refractivity contribution is 5.53. The van der Waals surface area contributed by atoms with E-state index in [0.29, 0.717) is 31.1 Å². The van der Waals surface area contributed by atoms with Gasteiger partial charge in [-0.15, -0.1) is 0 Å². The monoisotopic (exact) mass is 266 g/mol. The fraction of sp³-hybridized carbons (Fsp3) is 0.462.